The molecule has 0 aromatic heterocycles. The lowest BCUT2D eigenvalue weighted by atomic mass is 10.0. The minimum absolute atomic E-state index is 0.0447. The predicted octanol–water partition coefficient (Wildman–Crippen LogP) is 1.52. The molecule has 0 aliphatic heterocycles. The molecule has 1 rings (SSSR count). The zero-order valence-electron chi connectivity index (χ0n) is 7.55. The van der Waals surface area contributed by atoms with Crippen molar-refractivity contribution in [1.82, 2.24) is 0 Å². The van der Waals surface area contributed by atoms with Crippen LogP contribution in [-0.4, -0.2) is 16.1 Å². The van der Waals surface area contributed by atoms with E-state index in [2.05, 4.69) is 0 Å². The van der Waals surface area contributed by atoms with Gasteiger partial charge in [-0.15, -0.1) is 0 Å². The molecule has 0 saturated carbocycles. The molecule has 2 atom stereocenters. The average molecular weight is 199 g/mol. The van der Waals surface area contributed by atoms with Crippen molar-refractivity contribution in [2.75, 3.05) is 0 Å². The molecule has 0 unspecified atom stereocenters. The molecule has 1 aromatic carbocycles. The van der Waals surface area contributed by atoms with Gasteiger partial charge in [-0.05, 0) is 6.07 Å². The number of aliphatic hydroxyl groups excluding tert-OH is 1. The Morgan fingerprint density at radius 2 is 2.07 bits per heavy atom. The van der Waals surface area contributed by atoms with Crippen molar-refractivity contribution >= 4 is 0 Å². The van der Waals surface area contributed by atoms with Gasteiger partial charge in [-0.3, -0.25) is 10.1 Å². The summed E-state index contributed by atoms with van der Waals surface area (Å²) in [4.78, 5) is 9.71. The molecule has 0 amide bonds. The Morgan fingerprint density at radius 1 is 1.50 bits per heavy atom. The van der Waals surface area contributed by atoms with Crippen LogP contribution in [0.4, 0.5) is 4.39 Å². The van der Waals surface area contributed by atoms with E-state index in [1.54, 1.807) is 0 Å². The van der Waals surface area contributed by atoms with Crippen molar-refractivity contribution in [2.24, 2.45) is 0 Å². The van der Waals surface area contributed by atoms with Gasteiger partial charge in [0.25, 0.3) is 0 Å². The van der Waals surface area contributed by atoms with Gasteiger partial charge in [0.05, 0.1) is 0 Å². The van der Waals surface area contributed by atoms with Crippen LogP contribution in [0.2, 0.25) is 0 Å². The Balaban J connectivity index is 2.94. The fraction of sp³-hybridized carbons (Fsp3) is 0.333. The number of halogens is 1. The third-order valence-electron chi connectivity index (χ3n) is 2.01. The van der Waals surface area contributed by atoms with E-state index >= 15 is 0 Å². The first-order valence-electron chi connectivity index (χ1n) is 4.10. The Labute approximate surface area is 80.1 Å². The number of nitro groups is 1. The lowest BCUT2D eigenvalue weighted by Crippen LogP contribution is -2.24. The summed E-state index contributed by atoms with van der Waals surface area (Å²) in [5.41, 5.74) is -0.0447. The highest BCUT2D eigenvalue weighted by molar-refractivity contribution is 5.20. The van der Waals surface area contributed by atoms with Crippen LogP contribution >= 0.6 is 0 Å². The van der Waals surface area contributed by atoms with Crippen LogP contribution < -0.4 is 0 Å². The molecule has 0 radical (unpaired) electrons. The van der Waals surface area contributed by atoms with E-state index in [4.69, 9.17) is 0 Å². The fourth-order valence-corrected chi connectivity index (χ4v) is 1.09. The predicted molar refractivity (Wildman–Crippen MR) is 47.8 cm³/mol. The molecule has 14 heavy (non-hydrogen) atoms. The second-order valence-electron chi connectivity index (χ2n) is 2.99. The summed E-state index contributed by atoms with van der Waals surface area (Å²) in [7, 11) is 0. The molecule has 0 aliphatic carbocycles. The van der Waals surface area contributed by atoms with Gasteiger partial charge in [-0.1, -0.05) is 18.2 Å². The summed E-state index contributed by atoms with van der Waals surface area (Å²) < 4.78 is 13.1. The topological polar surface area (TPSA) is 63.4 Å². The molecule has 0 bridgehead atoms. The maximum Gasteiger partial charge on any atom is 0.240 e. The standard InChI is InChI=1S/C9H10FNO3/c1-6(11(13)14)9(12)7-4-2-3-5-8(7)10/h2-6,9,12H,1H3/t6-,9-/m0/s1. The van der Waals surface area contributed by atoms with Gasteiger partial charge in [-0.25, -0.2) is 4.39 Å². The average Bonchev–Trinajstić information content (AvgIpc) is 2.16. The molecule has 5 heteroatoms. The second-order valence-corrected chi connectivity index (χ2v) is 2.99. The zero-order chi connectivity index (χ0) is 10.7. The summed E-state index contributed by atoms with van der Waals surface area (Å²) >= 11 is 0. The molecule has 0 saturated heterocycles. The van der Waals surface area contributed by atoms with E-state index in [1.165, 1.54) is 25.1 Å². The lowest BCUT2D eigenvalue weighted by molar-refractivity contribution is -0.531. The molecular weight excluding hydrogens is 189 g/mol. The Morgan fingerprint density at radius 3 is 2.57 bits per heavy atom. The van der Waals surface area contributed by atoms with Crippen LogP contribution in [0.3, 0.4) is 0 Å². The van der Waals surface area contributed by atoms with Gasteiger partial charge < -0.3 is 5.11 Å². The first kappa shape index (κ1) is 10.6. The van der Waals surface area contributed by atoms with E-state index in [0.29, 0.717) is 0 Å². The summed E-state index contributed by atoms with van der Waals surface area (Å²) in [6.45, 7) is 1.23. The van der Waals surface area contributed by atoms with Crippen molar-refractivity contribution in [2.45, 2.75) is 19.1 Å². The SMILES string of the molecule is C[C@@H]([C@H](O)c1ccccc1F)[N+](=O)[O-]. The van der Waals surface area contributed by atoms with Crippen LogP contribution in [0.5, 0.6) is 0 Å². The Hall–Kier alpha value is -1.49. The highest BCUT2D eigenvalue weighted by Crippen LogP contribution is 2.20. The molecule has 76 valence electrons. The highest BCUT2D eigenvalue weighted by Gasteiger charge is 2.27. The molecule has 0 spiro atoms. The third kappa shape index (κ3) is 2.05. The number of hydrogen-bond donors (Lipinski definition) is 1. The Kier molecular flexibility index (Phi) is 3.14. The van der Waals surface area contributed by atoms with E-state index < -0.39 is 22.9 Å². The number of hydrogen-bond acceptors (Lipinski definition) is 3. The summed E-state index contributed by atoms with van der Waals surface area (Å²) in [6, 6.07) is 4.26. The van der Waals surface area contributed by atoms with Crippen molar-refractivity contribution in [1.29, 1.82) is 0 Å². The van der Waals surface area contributed by atoms with Gasteiger partial charge >= 0.3 is 0 Å². The fourth-order valence-electron chi connectivity index (χ4n) is 1.09. The van der Waals surface area contributed by atoms with Crippen LogP contribution in [0.1, 0.15) is 18.6 Å². The van der Waals surface area contributed by atoms with E-state index in [0.717, 1.165) is 6.07 Å². The monoisotopic (exact) mass is 199 g/mol. The van der Waals surface area contributed by atoms with Gasteiger partial charge in [0, 0.05) is 17.4 Å². The van der Waals surface area contributed by atoms with Gasteiger partial charge in [-0.2, -0.15) is 0 Å². The van der Waals surface area contributed by atoms with E-state index in [9.17, 15) is 19.6 Å². The first-order valence-corrected chi connectivity index (χ1v) is 4.10. The van der Waals surface area contributed by atoms with E-state index in [-0.39, 0.29) is 5.56 Å². The molecule has 0 fully saturated rings. The number of rotatable bonds is 3. The van der Waals surface area contributed by atoms with E-state index in [1.807, 2.05) is 0 Å². The zero-order valence-corrected chi connectivity index (χ0v) is 7.55. The Bertz CT molecular complexity index is 343. The molecule has 1 N–H and O–H groups in total. The number of aliphatic hydroxyl groups is 1. The number of nitrogens with zero attached hydrogens (tertiary/aromatic N) is 1. The summed E-state index contributed by atoms with van der Waals surface area (Å²) in [6.07, 6.45) is -1.41. The van der Waals surface area contributed by atoms with Crippen molar-refractivity contribution in [3.8, 4) is 0 Å². The molecule has 1 aromatic rings. The summed E-state index contributed by atoms with van der Waals surface area (Å²) in [5, 5.41) is 19.8. The third-order valence-corrected chi connectivity index (χ3v) is 2.01. The molecule has 0 heterocycles. The smallest absolute Gasteiger partial charge is 0.240 e. The van der Waals surface area contributed by atoms with Crippen molar-refractivity contribution in [3.05, 3.63) is 45.8 Å². The molecule has 0 aliphatic rings. The number of benzene rings is 1. The quantitative estimate of drug-likeness (QED) is 0.593. The first-order chi connectivity index (χ1) is 6.54. The van der Waals surface area contributed by atoms with Crippen LogP contribution in [-0.2, 0) is 0 Å². The van der Waals surface area contributed by atoms with Gasteiger partial charge in [0.15, 0.2) is 0 Å². The normalized spacial score (nSPS) is 14.8. The minimum Gasteiger partial charge on any atom is -0.381 e. The molecular formula is C9H10FNO3. The summed E-state index contributed by atoms with van der Waals surface area (Å²) in [5.74, 6) is -0.631. The minimum atomic E-state index is -1.41. The van der Waals surface area contributed by atoms with Crippen LogP contribution in [0.25, 0.3) is 0 Å². The van der Waals surface area contributed by atoms with Crippen LogP contribution in [0, 0.1) is 15.9 Å². The largest absolute Gasteiger partial charge is 0.381 e. The second kappa shape index (κ2) is 4.15. The lowest BCUT2D eigenvalue weighted by Gasteiger charge is -2.12. The van der Waals surface area contributed by atoms with Crippen molar-refractivity contribution in [3.63, 3.8) is 0 Å². The van der Waals surface area contributed by atoms with Crippen molar-refractivity contribution < 1.29 is 14.4 Å². The maximum absolute atomic E-state index is 13.1. The highest BCUT2D eigenvalue weighted by atomic mass is 19.1. The molecule has 4 nitrogen and oxygen atoms in total. The van der Waals surface area contributed by atoms with Crippen LogP contribution in [0.15, 0.2) is 24.3 Å². The van der Waals surface area contributed by atoms with Gasteiger partial charge in [0.2, 0.25) is 6.04 Å². The van der Waals surface area contributed by atoms with Gasteiger partial charge in [0.1, 0.15) is 11.9 Å². The maximum atomic E-state index is 13.1.